The zero-order valence-electron chi connectivity index (χ0n) is 9.10. The molecule has 1 amide bonds. The molecular weight excluding hydrogens is 202 g/mol. The van der Waals surface area contributed by atoms with Gasteiger partial charge in [-0.3, -0.25) is 4.79 Å². The van der Waals surface area contributed by atoms with Gasteiger partial charge in [-0.2, -0.15) is 0 Å². The molecule has 1 aliphatic heterocycles. The number of rotatable bonds is 1. The second kappa shape index (κ2) is 3.90. The van der Waals surface area contributed by atoms with Crippen molar-refractivity contribution in [3.63, 3.8) is 0 Å². The summed E-state index contributed by atoms with van der Waals surface area (Å²) in [6, 6.07) is 5.13. The summed E-state index contributed by atoms with van der Waals surface area (Å²) in [4.78, 5) is 13.4. The van der Waals surface area contributed by atoms with Gasteiger partial charge >= 0.3 is 0 Å². The molecule has 1 fully saturated rings. The van der Waals surface area contributed by atoms with E-state index in [2.05, 4.69) is 5.92 Å². The molecule has 1 unspecified atom stereocenters. The molecular formula is C13H13NO2. The maximum absolute atomic E-state index is 11.7. The van der Waals surface area contributed by atoms with Gasteiger partial charge in [-0.05, 0) is 30.7 Å². The Morgan fingerprint density at radius 3 is 2.88 bits per heavy atom. The van der Waals surface area contributed by atoms with Crippen LogP contribution in [0.1, 0.15) is 12.0 Å². The lowest BCUT2D eigenvalue weighted by atomic mass is 10.1. The Balaban J connectivity index is 2.29. The zero-order valence-corrected chi connectivity index (χ0v) is 9.10. The third-order valence-electron chi connectivity index (χ3n) is 2.85. The van der Waals surface area contributed by atoms with Crippen LogP contribution in [-0.4, -0.2) is 17.6 Å². The Bertz CT molecular complexity index is 473. The molecule has 0 aliphatic carbocycles. The first-order valence-electron chi connectivity index (χ1n) is 5.18. The van der Waals surface area contributed by atoms with Gasteiger partial charge in [0.1, 0.15) is 5.75 Å². The zero-order chi connectivity index (χ0) is 11.7. The number of hydrogen-bond acceptors (Lipinski definition) is 2. The SMILES string of the molecule is C#CC1CC(=O)N(c2ccc(O)c(C)c2)C1. The highest BCUT2D eigenvalue weighted by molar-refractivity contribution is 5.96. The van der Waals surface area contributed by atoms with Crippen molar-refractivity contribution in [2.75, 3.05) is 11.4 Å². The Kier molecular flexibility index (Phi) is 2.57. The van der Waals surface area contributed by atoms with Gasteiger partial charge in [-0.1, -0.05) is 0 Å². The second-order valence-electron chi connectivity index (χ2n) is 4.04. The lowest BCUT2D eigenvalue weighted by molar-refractivity contribution is -0.117. The predicted octanol–water partition coefficient (Wildman–Crippen LogP) is 1.69. The quantitative estimate of drug-likeness (QED) is 0.724. The number of anilines is 1. The third-order valence-corrected chi connectivity index (χ3v) is 2.85. The fourth-order valence-electron chi connectivity index (χ4n) is 1.88. The minimum atomic E-state index is 0.00149. The fraction of sp³-hybridized carbons (Fsp3) is 0.308. The molecule has 1 saturated heterocycles. The third kappa shape index (κ3) is 1.74. The van der Waals surface area contributed by atoms with Gasteiger partial charge in [-0.25, -0.2) is 0 Å². The van der Waals surface area contributed by atoms with E-state index in [0.717, 1.165) is 11.3 Å². The monoisotopic (exact) mass is 215 g/mol. The number of terminal acetylenes is 1. The molecule has 1 aromatic rings. The lowest BCUT2D eigenvalue weighted by Crippen LogP contribution is -2.24. The number of carbonyl (C=O) groups excluding carboxylic acids is 1. The molecule has 0 radical (unpaired) electrons. The Hall–Kier alpha value is -1.95. The standard InChI is InChI=1S/C13H13NO2/c1-3-10-7-13(16)14(8-10)11-4-5-12(15)9(2)6-11/h1,4-6,10,15H,7-8H2,2H3. The van der Waals surface area contributed by atoms with E-state index in [1.807, 2.05) is 0 Å². The van der Waals surface area contributed by atoms with Crippen molar-refractivity contribution in [2.45, 2.75) is 13.3 Å². The van der Waals surface area contributed by atoms with Gasteiger partial charge in [0.25, 0.3) is 0 Å². The molecule has 0 aromatic heterocycles. The summed E-state index contributed by atoms with van der Waals surface area (Å²) in [5.41, 5.74) is 1.56. The molecule has 16 heavy (non-hydrogen) atoms. The van der Waals surface area contributed by atoms with Crippen LogP contribution in [-0.2, 0) is 4.79 Å². The summed E-state index contributed by atoms with van der Waals surface area (Å²) in [6.07, 6.45) is 5.73. The van der Waals surface area contributed by atoms with Crippen LogP contribution in [0.4, 0.5) is 5.69 Å². The van der Waals surface area contributed by atoms with E-state index in [-0.39, 0.29) is 17.6 Å². The van der Waals surface area contributed by atoms with E-state index in [1.54, 1.807) is 30.0 Å². The molecule has 1 N–H and O–H groups in total. The lowest BCUT2D eigenvalue weighted by Gasteiger charge is -2.16. The molecule has 82 valence electrons. The van der Waals surface area contributed by atoms with E-state index in [1.165, 1.54) is 0 Å². The molecule has 1 aromatic carbocycles. The molecule has 3 heteroatoms. The van der Waals surface area contributed by atoms with Crippen molar-refractivity contribution in [3.05, 3.63) is 23.8 Å². The number of benzene rings is 1. The highest BCUT2D eigenvalue weighted by Crippen LogP contribution is 2.28. The Morgan fingerprint density at radius 1 is 1.56 bits per heavy atom. The van der Waals surface area contributed by atoms with Crippen LogP contribution in [0.3, 0.4) is 0 Å². The highest BCUT2D eigenvalue weighted by atomic mass is 16.3. The molecule has 1 heterocycles. The summed E-state index contributed by atoms with van der Waals surface area (Å²) < 4.78 is 0. The maximum Gasteiger partial charge on any atom is 0.228 e. The van der Waals surface area contributed by atoms with E-state index in [4.69, 9.17) is 6.42 Å². The first-order valence-corrected chi connectivity index (χ1v) is 5.18. The molecule has 2 rings (SSSR count). The van der Waals surface area contributed by atoms with Gasteiger partial charge in [0.2, 0.25) is 5.91 Å². The van der Waals surface area contributed by atoms with Crippen molar-refractivity contribution in [3.8, 4) is 18.1 Å². The number of phenolic OH excluding ortho intramolecular Hbond substituents is 1. The number of phenols is 1. The number of nitrogens with zero attached hydrogens (tertiary/aromatic N) is 1. The van der Waals surface area contributed by atoms with Gasteiger partial charge < -0.3 is 10.0 Å². The highest BCUT2D eigenvalue weighted by Gasteiger charge is 2.29. The largest absolute Gasteiger partial charge is 0.508 e. The van der Waals surface area contributed by atoms with Crippen LogP contribution < -0.4 is 4.90 Å². The van der Waals surface area contributed by atoms with Crippen molar-refractivity contribution in [1.29, 1.82) is 0 Å². The maximum atomic E-state index is 11.7. The minimum absolute atomic E-state index is 0.00149. The van der Waals surface area contributed by atoms with Crippen molar-refractivity contribution < 1.29 is 9.90 Å². The molecule has 0 saturated carbocycles. The molecule has 3 nitrogen and oxygen atoms in total. The van der Waals surface area contributed by atoms with Crippen LogP contribution >= 0.6 is 0 Å². The van der Waals surface area contributed by atoms with Crippen LogP contribution in [0.5, 0.6) is 5.75 Å². The summed E-state index contributed by atoms with van der Waals surface area (Å²) >= 11 is 0. The summed E-state index contributed by atoms with van der Waals surface area (Å²) in [6.45, 7) is 2.37. The number of aryl methyl sites for hydroxylation is 1. The van der Waals surface area contributed by atoms with Gasteiger partial charge in [0.15, 0.2) is 0 Å². The molecule has 1 aliphatic rings. The summed E-state index contributed by atoms with van der Waals surface area (Å²) in [5, 5.41) is 9.41. The fourth-order valence-corrected chi connectivity index (χ4v) is 1.88. The van der Waals surface area contributed by atoms with Crippen LogP contribution in [0.25, 0.3) is 0 Å². The van der Waals surface area contributed by atoms with Crippen LogP contribution in [0, 0.1) is 25.2 Å². The molecule has 1 atom stereocenters. The molecule has 0 bridgehead atoms. The number of hydrogen-bond donors (Lipinski definition) is 1. The first-order chi connectivity index (χ1) is 7.61. The number of amides is 1. The number of carbonyl (C=O) groups is 1. The van der Waals surface area contributed by atoms with Gasteiger partial charge in [0.05, 0.1) is 0 Å². The molecule has 0 spiro atoms. The second-order valence-corrected chi connectivity index (χ2v) is 4.04. The van der Waals surface area contributed by atoms with E-state index in [9.17, 15) is 9.90 Å². The Morgan fingerprint density at radius 2 is 2.31 bits per heavy atom. The van der Waals surface area contributed by atoms with Gasteiger partial charge in [0, 0.05) is 24.6 Å². The van der Waals surface area contributed by atoms with Crippen molar-refractivity contribution in [1.82, 2.24) is 0 Å². The van der Waals surface area contributed by atoms with E-state index >= 15 is 0 Å². The first kappa shape index (κ1) is 10.6. The van der Waals surface area contributed by atoms with E-state index < -0.39 is 0 Å². The van der Waals surface area contributed by atoms with Crippen molar-refractivity contribution in [2.24, 2.45) is 5.92 Å². The average molecular weight is 215 g/mol. The summed E-state index contributed by atoms with van der Waals surface area (Å²) in [7, 11) is 0. The topological polar surface area (TPSA) is 40.5 Å². The van der Waals surface area contributed by atoms with Gasteiger partial charge in [-0.15, -0.1) is 12.3 Å². The minimum Gasteiger partial charge on any atom is -0.508 e. The predicted molar refractivity (Wildman–Crippen MR) is 62.1 cm³/mol. The van der Waals surface area contributed by atoms with Crippen LogP contribution in [0.2, 0.25) is 0 Å². The summed E-state index contributed by atoms with van der Waals surface area (Å²) in [5.74, 6) is 2.90. The smallest absolute Gasteiger partial charge is 0.228 e. The normalized spacial score (nSPS) is 19.9. The average Bonchev–Trinajstić information content (AvgIpc) is 2.64. The number of aromatic hydroxyl groups is 1. The van der Waals surface area contributed by atoms with E-state index in [0.29, 0.717) is 13.0 Å². The Labute approximate surface area is 94.7 Å². The van der Waals surface area contributed by atoms with Crippen molar-refractivity contribution >= 4 is 11.6 Å². The van der Waals surface area contributed by atoms with Crippen LogP contribution in [0.15, 0.2) is 18.2 Å².